The molecule has 0 aliphatic heterocycles. The summed E-state index contributed by atoms with van der Waals surface area (Å²) < 4.78 is 19.8. The summed E-state index contributed by atoms with van der Waals surface area (Å²) in [4.78, 5) is 27.8. The summed E-state index contributed by atoms with van der Waals surface area (Å²) in [5.41, 5.74) is 1.18. The largest absolute Gasteiger partial charge is 0.497 e. The summed E-state index contributed by atoms with van der Waals surface area (Å²) in [5.74, 6) is -1.93. The van der Waals surface area contributed by atoms with Crippen LogP contribution in [0.4, 0.5) is 4.39 Å². The molecule has 0 spiro atoms. The highest BCUT2D eigenvalue weighted by Crippen LogP contribution is 2.22. The van der Waals surface area contributed by atoms with Crippen LogP contribution in [-0.2, 0) is 17.8 Å². The summed E-state index contributed by atoms with van der Waals surface area (Å²) in [6.45, 7) is -0.255. The van der Waals surface area contributed by atoms with Crippen LogP contribution >= 0.6 is 11.6 Å². The zero-order chi connectivity index (χ0) is 21.0. The Bertz CT molecular complexity index is 1070. The van der Waals surface area contributed by atoms with E-state index in [9.17, 15) is 19.1 Å². The van der Waals surface area contributed by atoms with Gasteiger partial charge in [-0.1, -0.05) is 23.7 Å². The number of methoxy groups -OCH3 is 1. The van der Waals surface area contributed by atoms with Crippen LogP contribution in [-0.4, -0.2) is 38.7 Å². The van der Waals surface area contributed by atoms with Gasteiger partial charge in [0.15, 0.2) is 11.6 Å². The highest BCUT2D eigenvalue weighted by Gasteiger charge is 2.20. The van der Waals surface area contributed by atoms with Crippen molar-refractivity contribution in [2.24, 2.45) is 0 Å². The first kappa shape index (κ1) is 20.5. The molecular formula is C20H17ClFN3O4. The van der Waals surface area contributed by atoms with Gasteiger partial charge in [0.25, 0.3) is 0 Å². The average Bonchev–Trinajstić information content (AvgIpc) is 3.12. The van der Waals surface area contributed by atoms with Gasteiger partial charge in [-0.3, -0.25) is 4.79 Å². The number of hydrogen-bond acceptors (Lipinski definition) is 5. The fourth-order valence-corrected chi connectivity index (χ4v) is 2.84. The van der Waals surface area contributed by atoms with Gasteiger partial charge in [-0.25, -0.2) is 18.9 Å². The molecule has 1 aromatic heterocycles. The molecule has 3 aromatic rings. The molecule has 2 aromatic carbocycles. The van der Waals surface area contributed by atoms with Gasteiger partial charge in [0.1, 0.15) is 18.1 Å². The van der Waals surface area contributed by atoms with E-state index in [-0.39, 0.29) is 35.2 Å². The number of carboxylic acids is 1. The lowest BCUT2D eigenvalue weighted by Crippen LogP contribution is -2.17. The van der Waals surface area contributed by atoms with E-state index < -0.39 is 17.6 Å². The van der Waals surface area contributed by atoms with Gasteiger partial charge in [0, 0.05) is 12.0 Å². The van der Waals surface area contributed by atoms with Crippen molar-refractivity contribution in [3.63, 3.8) is 0 Å². The van der Waals surface area contributed by atoms with Crippen molar-refractivity contribution >= 4 is 23.4 Å². The lowest BCUT2D eigenvalue weighted by molar-refractivity contribution is -0.119. The Morgan fingerprint density at radius 3 is 2.72 bits per heavy atom. The maximum atomic E-state index is 13.7. The first-order valence-electron chi connectivity index (χ1n) is 8.65. The van der Waals surface area contributed by atoms with Gasteiger partial charge in [-0.2, -0.15) is 0 Å². The lowest BCUT2D eigenvalue weighted by atomic mass is 10.1. The Morgan fingerprint density at radius 1 is 1.24 bits per heavy atom. The first-order valence-corrected chi connectivity index (χ1v) is 9.03. The molecule has 3 rings (SSSR count). The molecule has 0 bridgehead atoms. The minimum atomic E-state index is -1.33. The molecule has 0 saturated carbocycles. The van der Waals surface area contributed by atoms with Crippen LogP contribution in [0.1, 0.15) is 22.6 Å². The van der Waals surface area contributed by atoms with Crippen LogP contribution in [0.2, 0.25) is 5.02 Å². The molecule has 150 valence electrons. The minimum absolute atomic E-state index is 0.00133. The van der Waals surface area contributed by atoms with E-state index in [1.54, 1.807) is 13.2 Å². The second kappa shape index (κ2) is 8.83. The van der Waals surface area contributed by atoms with E-state index in [2.05, 4.69) is 10.1 Å². The molecule has 1 N–H and O–H groups in total. The number of benzene rings is 2. The quantitative estimate of drug-likeness (QED) is 0.601. The minimum Gasteiger partial charge on any atom is -0.497 e. The summed E-state index contributed by atoms with van der Waals surface area (Å²) in [5, 5.41) is 13.4. The van der Waals surface area contributed by atoms with E-state index in [0.717, 1.165) is 16.3 Å². The highest BCUT2D eigenvalue weighted by atomic mass is 35.5. The van der Waals surface area contributed by atoms with Gasteiger partial charge in [-0.15, -0.1) is 5.10 Å². The lowest BCUT2D eigenvalue weighted by Gasteiger charge is -2.05. The van der Waals surface area contributed by atoms with E-state index in [1.165, 1.54) is 12.1 Å². The summed E-state index contributed by atoms with van der Waals surface area (Å²) in [6.07, 6.45) is 0.666. The maximum Gasteiger partial charge on any atom is 0.373 e. The Balaban J connectivity index is 1.75. The number of rotatable bonds is 8. The molecular weight excluding hydrogens is 401 g/mol. The molecule has 29 heavy (non-hydrogen) atoms. The number of carbonyl (C=O) groups excluding carboxylic acids is 1. The average molecular weight is 418 g/mol. The van der Waals surface area contributed by atoms with Gasteiger partial charge in [-0.05, 0) is 42.3 Å². The Labute approximate surface area is 170 Å². The maximum absolute atomic E-state index is 13.7. The smallest absolute Gasteiger partial charge is 0.373 e. The predicted octanol–water partition coefficient (Wildman–Crippen LogP) is 3.65. The molecule has 0 radical (unpaired) electrons. The Kier molecular flexibility index (Phi) is 6.23. The third-order valence-corrected chi connectivity index (χ3v) is 4.50. The van der Waals surface area contributed by atoms with Crippen LogP contribution in [0.3, 0.4) is 0 Å². The number of carbonyl (C=O) groups is 2. The molecule has 0 fully saturated rings. The Hall–Kier alpha value is -3.26. The number of aryl methyl sites for hydroxylation is 1. The zero-order valence-electron chi connectivity index (χ0n) is 15.4. The number of aromatic carboxylic acids is 1. The van der Waals surface area contributed by atoms with Crippen molar-refractivity contribution in [1.29, 1.82) is 0 Å². The van der Waals surface area contributed by atoms with E-state index in [4.69, 9.17) is 16.3 Å². The number of carboxylic acid groups (broad SMARTS) is 1. The van der Waals surface area contributed by atoms with Gasteiger partial charge >= 0.3 is 5.97 Å². The normalized spacial score (nSPS) is 10.7. The molecule has 0 saturated heterocycles. The number of nitrogens with zero attached hydrogens (tertiary/aromatic N) is 3. The summed E-state index contributed by atoms with van der Waals surface area (Å²) in [7, 11) is 1.56. The van der Waals surface area contributed by atoms with E-state index >= 15 is 0 Å². The van der Waals surface area contributed by atoms with Crippen LogP contribution in [0, 0.1) is 5.82 Å². The standard InChI is InChI=1S/C20H17ClFN3O4/c1-29-15-4-2-3-12(9-15)5-7-14(26)11-25-19(20(27)28)23-18(24-25)13-6-8-16(21)17(22)10-13/h2-4,6,8-10H,5,7,11H2,1H3,(H,27,28). The van der Waals surface area contributed by atoms with Crippen molar-refractivity contribution in [3.8, 4) is 17.1 Å². The molecule has 0 unspecified atom stereocenters. The second-order valence-corrected chi connectivity index (χ2v) is 6.65. The highest BCUT2D eigenvalue weighted by molar-refractivity contribution is 6.30. The second-order valence-electron chi connectivity index (χ2n) is 6.24. The van der Waals surface area contributed by atoms with Crippen molar-refractivity contribution in [2.75, 3.05) is 7.11 Å². The van der Waals surface area contributed by atoms with Crippen molar-refractivity contribution in [1.82, 2.24) is 14.8 Å². The fraction of sp³-hybridized carbons (Fsp3) is 0.200. The van der Waals surface area contributed by atoms with E-state index in [0.29, 0.717) is 12.2 Å². The zero-order valence-corrected chi connectivity index (χ0v) is 16.2. The topological polar surface area (TPSA) is 94.3 Å². The number of ether oxygens (including phenoxy) is 1. The van der Waals surface area contributed by atoms with Crippen molar-refractivity contribution in [2.45, 2.75) is 19.4 Å². The van der Waals surface area contributed by atoms with Crippen molar-refractivity contribution < 1.29 is 23.8 Å². The number of halogens is 2. The first-order chi connectivity index (χ1) is 13.9. The van der Waals surface area contributed by atoms with Gasteiger partial charge < -0.3 is 9.84 Å². The van der Waals surface area contributed by atoms with E-state index in [1.807, 2.05) is 18.2 Å². The number of Topliss-reactive ketones (excluding diaryl/α,β-unsaturated/α-hetero) is 1. The summed E-state index contributed by atoms with van der Waals surface area (Å²) >= 11 is 5.66. The van der Waals surface area contributed by atoms with Gasteiger partial charge in [0.05, 0.1) is 12.1 Å². The third kappa shape index (κ3) is 4.97. The number of aromatic nitrogens is 3. The third-order valence-electron chi connectivity index (χ3n) is 4.19. The molecule has 0 aliphatic rings. The fourth-order valence-electron chi connectivity index (χ4n) is 2.73. The molecule has 9 heteroatoms. The Morgan fingerprint density at radius 2 is 2.03 bits per heavy atom. The summed E-state index contributed by atoms with van der Waals surface area (Å²) in [6, 6.07) is 11.3. The number of ketones is 1. The predicted molar refractivity (Wildman–Crippen MR) is 104 cm³/mol. The monoisotopic (exact) mass is 417 g/mol. The SMILES string of the molecule is COc1cccc(CCC(=O)Cn2nc(-c3ccc(Cl)c(F)c3)nc2C(=O)O)c1. The molecule has 0 amide bonds. The van der Waals surface area contributed by atoms with Crippen LogP contribution in [0.15, 0.2) is 42.5 Å². The van der Waals surface area contributed by atoms with Crippen LogP contribution < -0.4 is 4.74 Å². The van der Waals surface area contributed by atoms with Crippen LogP contribution in [0.5, 0.6) is 5.75 Å². The van der Waals surface area contributed by atoms with Crippen LogP contribution in [0.25, 0.3) is 11.4 Å². The molecule has 7 nitrogen and oxygen atoms in total. The van der Waals surface area contributed by atoms with Crippen molar-refractivity contribution in [3.05, 3.63) is 64.7 Å². The molecule has 0 atom stereocenters. The molecule has 0 aliphatic carbocycles. The molecule has 1 heterocycles. The van der Waals surface area contributed by atoms with Gasteiger partial charge in [0.2, 0.25) is 5.82 Å². The number of hydrogen-bond donors (Lipinski definition) is 1.